The molecule has 4 atom stereocenters. The van der Waals surface area contributed by atoms with Crippen LogP contribution in [-0.4, -0.2) is 21.9 Å². The zero-order chi connectivity index (χ0) is 29.4. The van der Waals surface area contributed by atoms with Gasteiger partial charge in [-0.25, -0.2) is 0 Å². The van der Waals surface area contributed by atoms with E-state index >= 15 is 0 Å². The number of nitrogens with one attached hydrogen (secondary N) is 1. The van der Waals surface area contributed by atoms with Crippen molar-refractivity contribution in [3.05, 3.63) is 106 Å². The topological polar surface area (TPSA) is 31.7 Å². The van der Waals surface area contributed by atoms with E-state index in [1.54, 1.807) is 11.3 Å². The van der Waals surface area contributed by atoms with E-state index in [4.69, 9.17) is 4.42 Å². The molecule has 0 amide bonds. The van der Waals surface area contributed by atoms with Crippen molar-refractivity contribution in [1.29, 1.82) is 0 Å². The molecule has 4 unspecified atom stereocenters. The summed E-state index contributed by atoms with van der Waals surface area (Å²) in [4.78, 5) is 5.47. The molecule has 4 heterocycles. The van der Waals surface area contributed by atoms with Crippen molar-refractivity contribution < 1.29 is 4.42 Å². The third kappa shape index (κ3) is 4.09. The van der Waals surface area contributed by atoms with Crippen LogP contribution in [0.25, 0.3) is 28.7 Å². The second-order valence-electron chi connectivity index (χ2n) is 13.7. The Morgan fingerprint density at radius 3 is 2.49 bits per heavy atom. The van der Waals surface area contributed by atoms with Crippen LogP contribution in [0.2, 0.25) is 0 Å². The predicted molar refractivity (Wildman–Crippen MR) is 179 cm³/mol. The highest BCUT2D eigenvalue weighted by Crippen LogP contribution is 2.55. The van der Waals surface area contributed by atoms with E-state index in [0.717, 1.165) is 24.3 Å². The van der Waals surface area contributed by atoms with Crippen LogP contribution in [0.3, 0.4) is 0 Å². The van der Waals surface area contributed by atoms with Crippen molar-refractivity contribution in [2.24, 2.45) is 17.8 Å². The summed E-state index contributed by atoms with van der Waals surface area (Å²) >= 11 is 0. The first-order chi connectivity index (χ1) is 20.9. The molecular weight excluding hydrogens is 526 g/mol. The average Bonchev–Trinajstić information content (AvgIpc) is 3.55. The molecule has 0 saturated carbocycles. The van der Waals surface area contributed by atoms with E-state index in [1.165, 1.54) is 51.8 Å². The maximum atomic E-state index is 6.79. The van der Waals surface area contributed by atoms with Crippen LogP contribution < -0.4 is 5.32 Å². The molecule has 4 nitrogen and oxygen atoms in total. The Morgan fingerprint density at radius 2 is 1.72 bits per heavy atom. The second-order valence-corrected chi connectivity index (χ2v) is 13.7. The standard InChI is InChI=1S/C39H43N3O/c1-23(2)31-21-28(26-11-7-6-8-12-26)22-32(24(3)4)36(31)42-34-14-10-9-13-33(34)41-20-19-27-16-18-29-30-17-15-25(5)40-38(30)43-37(29)35(27)39(41)42/h6-8,11-12,15-25,31,36,39-40H,9-10,13-14H2,1-5H3. The minimum absolute atomic E-state index is 0.0841. The lowest BCUT2D eigenvalue weighted by Crippen LogP contribution is -2.47. The van der Waals surface area contributed by atoms with Crippen molar-refractivity contribution in [2.75, 3.05) is 5.32 Å². The van der Waals surface area contributed by atoms with Gasteiger partial charge in [-0.15, -0.1) is 0 Å². The summed E-state index contributed by atoms with van der Waals surface area (Å²) in [7, 11) is 0. The lowest BCUT2D eigenvalue weighted by atomic mass is 9.73. The van der Waals surface area contributed by atoms with Crippen LogP contribution in [0.1, 0.15) is 88.7 Å². The van der Waals surface area contributed by atoms with Crippen LogP contribution in [0.15, 0.2) is 88.3 Å². The molecule has 2 aromatic carbocycles. The van der Waals surface area contributed by atoms with Gasteiger partial charge in [0.25, 0.3) is 0 Å². The van der Waals surface area contributed by atoms with Gasteiger partial charge in [0.2, 0.25) is 5.88 Å². The molecule has 0 radical (unpaired) electrons. The first-order valence-electron chi connectivity index (χ1n) is 16.4. The predicted octanol–water partition coefficient (Wildman–Crippen LogP) is 9.97. The van der Waals surface area contributed by atoms with Crippen LogP contribution in [0.5, 0.6) is 0 Å². The largest absolute Gasteiger partial charge is 0.440 e. The Bertz CT molecular complexity index is 1750. The van der Waals surface area contributed by atoms with E-state index in [9.17, 15) is 0 Å². The third-order valence-corrected chi connectivity index (χ3v) is 10.4. The summed E-state index contributed by atoms with van der Waals surface area (Å²) in [5.74, 6) is 2.21. The van der Waals surface area contributed by atoms with Crippen molar-refractivity contribution >= 4 is 34.6 Å². The number of furan rings is 1. The van der Waals surface area contributed by atoms with Gasteiger partial charge in [0, 0.05) is 46.1 Å². The maximum absolute atomic E-state index is 6.79. The molecular formula is C39H43N3O. The summed E-state index contributed by atoms with van der Waals surface area (Å²) in [5, 5.41) is 4.79. The molecule has 3 aliphatic heterocycles. The van der Waals surface area contributed by atoms with Crippen LogP contribution in [-0.2, 0) is 0 Å². The minimum Gasteiger partial charge on any atom is -0.440 e. The summed E-state index contributed by atoms with van der Waals surface area (Å²) in [6.07, 6.45) is 19.1. The van der Waals surface area contributed by atoms with E-state index in [0.29, 0.717) is 17.8 Å². The van der Waals surface area contributed by atoms with Crippen LogP contribution >= 0.6 is 0 Å². The zero-order valence-corrected chi connectivity index (χ0v) is 26.1. The lowest BCUT2D eigenvalue weighted by Gasteiger charge is -2.47. The smallest absolute Gasteiger partial charge is 0.201 e. The van der Waals surface area contributed by atoms with Gasteiger partial charge in [-0.2, -0.15) is 0 Å². The molecule has 8 rings (SSSR count). The van der Waals surface area contributed by atoms with Gasteiger partial charge in [0.1, 0.15) is 11.7 Å². The average molecular weight is 570 g/mol. The highest BCUT2D eigenvalue weighted by Gasteiger charge is 2.49. The Labute approximate surface area is 256 Å². The molecule has 0 fully saturated rings. The molecule has 4 heteroatoms. The Hall–Kier alpha value is -3.92. The molecule has 1 N–H and O–H groups in total. The van der Waals surface area contributed by atoms with Crippen molar-refractivity contribution in [2.45, 2.75) is 78.6 Å². The normalized spacial score (nSPS) is 25.9. The molecule has 43 heavy (non-hydrogen) atoms. The van der Waals surface area contributed by atoms with Gasteiger partial charge in [0.05, 0.1) is 6.04 Å². The number of hydrogen-bond donors (Lipinski definition) is 1. The van der Waals surface area contributed by atoms with E-state index < -0.39 is 0 Å². The molecule has 0 saturated heterocycles. The summed E-state index contributed by atoms with van der Waals surface area (Å²) in [5.41, 5.74) is 12.1. The molecule has 5 aliphatic rings. The molecule has 220 valence electrons. The number of fused-ring (bicyclic) bond motifs is 8. The van der Waals surface area contributed by atoms with Gasteiger partial charge in [0.15, 0.2) is 0 Å². The lowest BCUT2D eigenvalue weighted by molar-refractivity contribution is 0.102. The fourth-order valence-electron chi connectivity index (χ4n) is 8.24. The van der Waals surface area contributed by atoms with E-state index in [1.807, 2.05) is 0 Å². The van der Waals surface area contributed by atoms with E-state index in [2.05, 4.69) is 129 Å². The number of allylic oxidation sites excluding steroid dienone is 4. The SMILES string of the molecule is CC1C=Cc2c(oc3c4c(ccc23)C=CN2C3=C(CCCC3)N(C3C(C(C)C)=CC(c5ccccc5)=CC3C(C)C)C42)N1. The Kier molecular flexibility index (Phi) is 6.25. The van der Waals surface area contributed by atoms with Gasteiger partial charge in [-0.1, -0.05) is 88.4 Å². The molecule has 0 spiro atoms. The summed E-state index contributed by atoms with van der Waals surface area (Å²) in [6.45, 7) is 11.8. The monoisotopic (exact) mass is 569 g/mol. The van der Waals surface area contributed by atoms with Gasteiger partial charge in [-0.3, -0.25) is 0 Å². The Balaban J connectivity index is 1.34. The number of hydrogen-bond acceptors (Lipinski definition) is 4. The van der Waals surface area contributed by atoms with Crippen LogP contribution in [0.4, 0.5) is 5.88 Å². The van der Waals surface area contributed by atoms with E-state index in [-0.39, 0.29) is 18.2 Å². The number of rotatable bonds is 4. The molecule has 3 aromatic rings. The highest BCUT2D eigenvalue weighted by atomic mass is 16.4. The maximum Gasteiger partial charge on any atom is 0.201 e. The molecule has 1 aromatic heterocycles. The number of nitrogens with zero attached hydrogens (tertiary/aromatic N) is 2. The first kappa shape index (κ1) is 26.7. The second kappa shape index (κ2) is 10.1. The first-order valence-corrected chi connectivity index (χ1v) is 16.4. The van der Waals surface area contributed by atoms with Crippen molar-refractivity contribution in [3.8, 4) is 0 Å². The third-order valence-electron chi connectivity index (χ3n) is 10.4. The molecule has 2 aliphatic carbocycles. The van der Waals surface area contributed by atoms with Crippen molar-refractivity contribution in [1.82, 2.24) is 9.80 Å². The van der Waals surface area contributed by atoms with Gasteiger partial charge in [-0.05, 0) is 78.9 Å². The number of benzene rings is 2. The summed E-state index contributed by atoms with van der Waals surface area (Å²) < 4.78 is 6.79. The van der Waals surface area contributed by atoms with Gasteiger partial charge >= 0.3 is 0 Å². The highest BCUT2D eigenvalue weighted by molar-refractivity contribution is 5.97. The molecule has 0 bridgehead atoms. The fourth-order valence-corrected chi connectivity index (χ4v) is 8.24. The van der Waals surface area contributed by atoms with Crippen molar-refractivity contribution in [3.63, 3.8) is 0 Å². The quantitative estimate of drug-likeness (QED) is 0.339. The van der Waals surface area contributed by atoms with Crippen LogP contribution in [0, 0.1) is 17.8 Å². The minimum atomic E-state index is 0.0841. The Morgan fingerprint density at radius 1 is 0.930 bits per heavy atom. The fraction of sp³-hybridized carbons (Fsp3) is 0.385. The summed E-state index contributed by atoms with van der Waals surface area (Å²) in [6, 6.07) is 16.1. The zero-order valence-electron chi connectivity index (χ0n) is 26.1. The number of anilines is 1. The van der Waals surface area contributed by atoms with Gasteiger partial charge < -0.3 is 19.5 Å².